The number of phenolic OH excluding ortho intramolecular Hbond substituents is 1. The van der Waals surface area contributed by atoms with E-state index in [1.807, 2.05) is 43.3 Å². The number of aryl methyl sites for hydroxylation is 1. The van der Waals surface area contributed by atoms with E-state index in [0.29, 0.717) is 12.1 Å². The highest BCUT2D eigenvalue weighted by molar-refractivity contribution is 5.93. The van der Waals surface area contributed by atoms with Crippen LogP contribution in [0.4, 0.5) is 4.79 Å². The molecule has 3 amide bonds. The van der Waals surface area contributed by atoms with Crippen LogP contribution < -0.4 is 10.6 Å². The first-order valence-corrected chi connectivity index (χ1v) is 13.3. The number of nitriles is 1. The SMILES string of the molecule is CCCCCNC(=O)C(c1cccc(C)c1O)N(CC#N)C(=O)C(Cc1ccccc1)NC(=O)OC(C)(C)C. The Kier molecular flexibility index (Phi) is 11.8. The van der Waals surface area contributed by atoms with Crippen molar-refractivity contribution in [3.8, 4) is 11.8 Å². The molecule has 0 aliphatic heterocycles. The Labute approximate surface area is 231 Å². The standard InChI is InChI=1S/C30H40N4O5/c1-6-7-11-18-32-27(36)25(23-16-12-13-21(2)26(23)35)34(19-17-31)28(37)24(20-22-14-9-8-10-15-22)33-29(38)39-30(3,4)5/h8-10,12-16,24-25,35H,6-7,11,18-20H2,1-5H3,(H,32,36)(H,33,38). The fraction of sp³-hybridized carbons (Fsp3) is 0.467. The van der Waals surface area contributed by atoms with Crippen molar-refractivity contribution >= 4 is 17.9 Å². The molecule has 0 aliphatic rings. The Morgan fingerprint density at radius 1 is 1.08 bits per heavy atom. The molecule has 0 heterocycles. The van der Waals surface area contributed by atoms with E-state index in [1.165, 1.54) is 0 Å². The second-order valence-electron chi connectivity index (χ2n) is 10.4. The highest BCUT2D eigenvalue weighted by Gasteiger charge is 2.37. The van der Waals surface area contributed by atoms with E-state index in [9.17, 15) is 24.8 Å². The van der Waals surface area contributed by atoms with Crippen molar-refractivity contribution in [2.75, 3.05) is 13.1 Å². The van der Waals surface area contributed by atoms with Crippen molar-refractivity contribution in [2.24, 2.45) is 0 Å². The third-order valence-electron chi connectivity index (χ3n) is 6.00. The van der Waals surface area contributed by atoms with Gasteiger partial charge in [0.1, 0.15) is 30.0 Å². The van der Waals surface area contributed by atoms with E-state index in [0.717, 1.165) is 29.7 Å². The number of carbonyl (C=O) groups is 3. The van der Waals surface area contributed by atoms with Crippen molar-refractivity contribution in [1.29, 1.82) is 5.26 Å². The smallest absolute Gasteiger partial charge is 0.408 e. The lowest BCUT2D eigenvalue weighted by molar-refractivity contribution is -0.141. The van der Waals surface area contributed by atoms with E-state index >= 15 is 0 Å². The average Bonchev–Trinajstić information content (AvgIpc) is 2.87. The molecule has 0 saturated carbocycles. The lowest BCUT2D eigenvalue weighted by Crippen LogP contribution is -2.54. The molecule has 210 valence electrons. The topological polar surface area (TPSA) is 132 Å². The Morgan fingerprint density at radius 3 is 2.38 bits per heavy atom. The van der Waals surface area contributed by atoms with Crippen LogP contribution >= 0.6 is 0 Å². The summed E-state index contributed by atoms with van der Waals surface area (Å²) in [7, 11) is 0. The molecule has 0 saturated heterocycles. The number of nitrogens with one attached hydrogen (secondary N) is 2. The predicted molar refractivity (Wildman–Crippen MR) is 149 cm³/mol. The van der Waals surface area contributed by atoms with E-state index < -0.39 is 42.1 Å². The summed E-state index contributed by atoms with van der Waals surface area (Å²) in [5.41, 5.74) is 0.684. The quantitative estimate of drug-likeness (QED) is 0.270. The van der Waals surface area contributed by atoms with Gasteiger partial charge in [0.25, 0.3) is 0 Å². The van der Waals surface area contributed by atoms with Gasteiger partial charge in [0, 0.05) is 18.5 Å². The van der Waals surface area contributed by atoms with Crippen LogP contribution in [0.3, 0.4) is 0 Å². The number of phenols is 1. The van der Waals surface area contributed by atoms with Gasteiger partial charge in [-0.05, 0) is 45.2 Å². The fourth-order valence-electron chi connectivity index (χ4n) is 4.11. The number of alkyl carbamates (subject to hydrolysis) is 1. The Balaban J connectivity index is 2.52. The van der Waals surface area contributed by atoms with Gasteiger partial charge in [-0.25, -0.2) is 4.79 Å². The molecule has 2 aromatic carbocycles. The predicted octanol–water partition coefficient (Wildman–Crippen LogP) is 4.54. The number of hydrogen-bond donors (Lipinski definition) is 3. The van der Waals surface area contributed by atoms with Gasteiger partial charge in [-0.3, -0.25) is 9.59 Å². The van der Waals surface area contributed by atoms with Gasteiger partial charge in [-0.2, -0.15) is 5.26 Å². The molecular formula is C30H40N4O5. The van der Waals surface area contributed by atoms with Crippen molar-refractivity contribution < 1.29 is 24.2 Å². The summed E-state index contributed by atoms with van der Waals surface area (Å²) in [4.78, 5) is 41.5. The van der Waals surface area contributed by atoms with Crippen molar-refractivity contribution in [2.45, 2.75) is 78.0 Å². The molecule has 9 heteroatoms. The van der Waals surface area contributed by atoms with Gasteiger partial charge in [-0.15, -0.1) is 0 Å². The van der Waals surface area contributed by atoms with Gasteiger partial charge >= 0.3 is 6.09 Å². The van der Waals surface area contributed by atoms with E-state index in [1.54, 1.807) is 45.9 Å². The molecular weight excluding hydrogens is 496 g/mol. The van der Waals surface area contributed by atoms with Crippen LogP contribution in [-0.2, 0) is 20.7 Å². The number of rotatable bonds is 12. The Hall–Kier alpha value is -4.06. The Bertz CT molecular complexity index is 1150. The van der Waals surface area contributed by atoms with Gasteiger partial charge in [-0.1, -0.05) is 68.3 Å². The van der Waals surface area contributed by atoms with Gasteiger partial charge in [0.15, 0.2) is 0 Å². The molecule has 0 aliphatic carbocycles. The molecule has 3 N–H and O–H groups in total. The first kappa shape index (κ1) is 31.2. The molecule has 0 bridgehead atoms. The largest absolute Gasteiger partial charge is 0.507 e. The number of benzene rings is 2. The summed E-state index contributed by atoms with van der Waals surface area (Å²) >= 11 is 0. The van der Waals surface area contributed by atoms with Crippen molar-refractivity contribution in [1.82, 2.24) is 15.5 Å². The van der Waals surface area contributed by atoms with Gasteiger partial charge in [0.2, 0.25) is 11.8 Å². The van der Waals surface area contributed by atoms with Crippen LogP contribution in [0.25, 0.3) is 0 Å². The summed E-state index contributed by atoms with van der Waals surface area (Å²) in [6, 6.07) is 13.6. The van der Waals surface area contributed by atoms with Crippen LogP contribution in [0.5, 0.6) is 5.75 Å². The van der Waals surface area contributed by atoms with Crippen LogP contribution in [0, 0.1) is 18.3 Å². The van der Waals surface area contributed by atoms with Crippen molar-refractivity contribution in [3.63, 3.8) is 0 Å². The van der Waals surface area contributed by atoms with E-state index in [4.69, 9.17) is 4.74 Å². The summed E-state index contributed by atoms with van der Waals surface area (Å²) in [6.07, 6.45) is 1.94. The van der Waals surface area contributed by atoms with Gasteiger partial charge in [0.05, 0.1) is 6.07 Å². The second kappa shape index (κ2) is 14.8. The third kappa shape index (κ3) is 9.64. The monoisotopic (exact) mass is 536 g/mol. The highest BCUT2D eigenvalue weighted by Crippen LogP contribution is 2.32. The van der Waals surface area contributed by atoms with Crippen LogP contribution in [0.1, 0.15) is 69.7 Å². The highest BCUT2D eigenvalue weighted by atomic mass is 16.6. The van der Waals surface area contributed by atoms with Crippen LogP contribution in [0.2, 0.25) is 0 Å². The zero-order valence-electron chi connectivity index (χ0n) is 23.5. The minimum Gasteiger partial charge on any atom is -0.507 e. The molecule has 0 spiro atoms. The number of carbonyl (C=O) groups excluding carboxylic acids is 3. The fourth-order valence-corrected chi connectivity index (χ4v) is 4.11. The summed E-state index contributed by atoms with van der Waals surface area (Å²) in [5, 5.41) is 26.1. The first-order valence-electron chi connectivity index (χ1n) is 13.3. The summed E-state index contributed by atoms with van der Waals surface area (Å²) in [6.45, 7) is 8.81. The summed E-state index contributed by atoms with van der Waals surface area (Å²) in [5.74, 6) is -1.31. The second-order valence-corrected chi connectivity index (χ2v) is 10.4. The number of ether oxygens (including phenoxy) is 1. The summed E-state index contributed by atoms with van der Waals surface area (Å²) < 4.78 is 5.39. The molecule has 2 rings (SSSR count). The number of hydrogen-bond acceptors (Lipinski definition) is 6. The van der Waals surface area contributed by atoms with E-state index in [-0.39, 0.29) is 17.7 Å². The van der Waals surface area contributed by atoms with Crippen molar-refractivity contribution in [3.05, 3.63) is 65.2 Å². The lowest BCUT2D eigenvalue weighted by atomic mass is 9.98. The molecule has 0 radical (unpaired) electrons. The normalized spacial score (nSPS) is 12.5. The maximum Gasteiger partial charge on any atom is 0.408 e. The lowest BCUT2D eigenvalue weighted by Gasteiger charge is -2.33. The average molecular weight is 537 g/mol. The number of unbranched alkanes of at least 4 members (excludes halogenated alkanes) is 2. The minimum absolute atomic E-state index is 0.103. The number of para-hydroxylation sites is 1. The molecule has 9 nitrogen and oxygen atoms in total. The van der Waals surface area contributed by atoms with Crippen LogP contribution in [0.15, 0.2) is 48.5 Å². The Morgan fingerprint density at radius 2 is 1.77 bits per heavy atom. The maximum absolute atomic E-state index is 14.1. The number of nitrogens with zero attached hydrogens (tertiary/aromatic N) is 2. The number of amides is 3. The van der Waals surface area contributed by atoms with Gasteiger partial charge < -0.3 is 25.4 Å². The molecule has 0 fully saturated rings. The zero-order chi connectivity index (χ0) is 29.0. The molecule has 2 atom stereocenters. The molecule has 2 unspecified atom stereocenters. The molecule has 0 aromatic heterocycles. The number of aromatic hydroxyl groups is 1. The third-order valence-corrected chi connectivity index (χ3v) is 6.00. The molecule has 39 heavy (non-hydrogen) atoms. The molecule has 2 aromatic rings. The maximum atomic E-state index is 14.1. The van der Waals surface area contributed by atoms with Crippen LogP contribution in [-0.4, -0.2) is 52.6 Å². The zero-order valence-corrected chi connectivity index (χ0v) is 23.5. The van der Waals surface area contributed by atoms with E-state index in [2.05, 4.69) is 10.6 Å². The minimum atomic E-state index is -1.29. The first-order chi connectivity index (χ1) is 18.5.